The molecule has 17 rings (SSSR count). The molecule has 2 aliphatic heterocycles. The molecule has 1 aromatic heterocycles. The first kappa shape index (κ1) is 114. The maximum absolute atomic E-state index is 13.4. The summed E-state index contributed by atoms with van der Waals surface area (Å²) in [5, 5.41) is 12.4. The van der Waals surface area contributed by atoms with Gasteiger partial charge in [0.1, 0.15) is 22.9 Å². The van der Waals surface area contributed by atoms with Gasteiger partial charge in [-0.15, -0.1) is 0 Å². The average molecular weight is 2040 g/mol. The Hall–Kier alpha value is -14.2. The van der Waals surface area contributed by atoms with Crippen molar-refractivity contribution in [1.29, 1.82) is 0 Å². The normalized spacial score (nSPS) is 13.9. The van der Waals surface area contributed by atoms with Crippen molar-refractivity contribution in [3.63, 3.8) is 0 Å². The third kappa shape index (κ3) is 35.4. The topological polar surface area (TPSA) is 373 Å². The summed E-state index contributed by atoms with van der Waals surface area (Å²) in [7, 11) is -5.05. The number of anilines is 4. The van der Waals surface area contributed by atoms with E-state index in [0.717, 1.165) is 117 Å². The van der Waals surface area contributed by atoms with Crippen LogP contribution >= 0.6 is 0 Å². The standard InChI is InChI=1S/C27H25N3O3S.2C24H26N2O.C18H18N2O2.C12H15NO5S.C8H10N2O3S.CH4O.Na/c1-21-6-5-7-25(18-21)30(34(32,33)26-8-3-2-4-9-26)20-27(31)29-24-12-10-22(11-13-24)19-23-14-16-28-17-15-23;1-27-23-15-9-8-14-22(23)24-25(18-20-10-4-2-5-11-20)16-17-26(24)19-21-12-6-3-7-13-21;1-27-23-14-12-22(13-15-23)24-25(18-20-8-4-2-5-9-20)16-17-26(24)19-21-10-6-3-7-11-21;1-12-7-5-6-10-14(12)17(21)19-20-18(22)16-11-15(16)13-8-3-2-4-9-13;1-18-12(15)8-7-11(14)13-9-3-5-10(6-4-9)19(2,16)17;1-6(11)10-14(12,13)8-4-2-7(9)3-5-8;1-2;/h2-18H,19-20H2,1H3,(H,29,31);2*2-15,24H,16-19H2,1H3;2-10,15-16H,11H2,1H3,(H,19,21)(H,20,22);3-6H,7-8H2,1-2H3,(H,13,14);2-5H,9H2,1H3,(H,10,11);2H,1H3;/q;;;;;;;+1/p+1. The Kier molecular flexibility index (Phi) is 44.8. The smallest absolute Gasteiger partial charge is 0.497 e. The number of hydrogen-bond acceptors (Lipinski definition) is 22. The van der Waals surface area contributed by atoms with E-state index in [1.165, 1.54) is 114 Å². The van der Waals surface area contributed by atoms with E-state index in [2.05, 4.69) is 215 Å². The van der Waals surface area contributed by atoms with Crippen molar-refractivity contribution in [2.45, 2.75) is 106 Å². The molecule has 2 unspecified atom stereocenters. The molecule has 28 nitrogen and oxygen atoms in total. The number of methoxy groups -OCH3 is 3. The van der Waals surface area contributed by atoms with Gasteiger partial charge in [0.05, 0.1) is 62.5 Å². The van der Waals surface area contributed by atoms with Gasteiger partial charge in [0.25, 0.3) is 15.9 Å². The van der Waals surface area contributed by atoms with E-state index in [4.69, 9.17) is 20.3 Å². The van der Waals surface area contributed by atoms with Crippen LogP contribution < -0.4 is 75.3 Å². The van der Waals surface area contributed by atoms with E-state index in [1.54, 1.807) is 75.1 Å². The molecule has 0 spiro atoms. The number of carbonyl (C=O) groups is 6. The second-order valence-corrected chi connectivity index (χ2v) is 40.1. The van der Waals surface area contributed by atoms with Crippen LogP contribution in [0.3, 0.4) is 0 Å². The maximum Gasteiger partial charge on any atom is 1.00 e. The number of nitrogens with two attached hydrogens (primary N) is 2. The van der Waals surface area contributed by atoms with E-state index >= 15 is 0 Å². The number of hydrazine groups is 1. The van der Waals surface area contributed by atoms with Gasteiger partial charge < -0.3 is 35.7 Å². The molecule has 2 saturated heterocycles. The van der Waals surface area contributed by atoms with Gasteiger partial charge in [0.2, 0.25) is 17.7 Å². The van der Waals surface area contributed by atoms with Crippen molar-refractivity contribution in [2.75, 3.05) is 88.1 Å². The van der Waals surface area contributed by atoms with Crippen molar-refractivity contribution in [1.82, 2.24) is 35.4 Å². The molecule has 0 radical (unpaired) electrons. The van der Waals surface area contributed by atoms with E-state index in [-0.39, 0.29) is 106 Å². The number of nitrogens with zero attached hydrogens (tertiary/aromatic N) is 6. The zero-order valence-electron chi connectivity index (χ0n) is 83.4. The zero-order valence-corrected chi connectivity index (χ0v) is 87.9. The largest absolute Gasteiger partial charge is 1.00 e. The van der Waals surface area contributed by atoms with E-state index in [0.29, 0.717) is 33.0 Å². The number of primary amides is 1. The van der Waals surface area contributed by atoms with E-state index in [9.17, 15) is 54.0 Å². The minimum absolute atomic E-state index is 0. The number of para-hydroxylation sites is 1. The number of nitrogens with one attached hydrogen (secondary N) is 4. The first-order valence-electron chi connectivity index (χ1n) is 47.1. The molecule has 14 aromatic rings. The van der Waals surface area contributed by atoms with E-state index in [1.807, 2.05) is 105 Å². The number of sulfonamides is 2. The Morgan fingerprint density at radius 1 is 0.459 bits per heavy atom. The number of primary sulfonamides is 1. The van der Waals surface area contributed by atoms with Crippen molar-refractivity contribution < 1.29 is 108 Å². The molecule has 146 heavy (non-hydrogen) atoms. The Balaban J connectivity index is 0.000000182. The Labute approximate surface area is 878 Å². The molecule has 5 amide bonds. The number of aliphatic hydroxyl groups is 1. The van der Waals surface area contributed by atoms with Gasteiger partial charge >= 0.3 is 51.5 Å². The first-order chi connectivity index (χ1) is 70.0. The van der Waals surface area contributed by atoms with Crippen LogP contribution in [0.1, 0.15) is 116 Å². The second kappa shape index (κ2) is 57.5. The number of pyridine rings is 1. The van der Waals surface area contributed by atoms with Crippen LogP contribution in [0, 0.1) is 19.8 Å². The molecule has 9 N–H and O–H groups in total. The Morgan fingerprint density at radius 2 is 0.918 bits per heavy atom. The molecule has 754 valence electrons. The number of rotatable bonds is 30. The number of ether oxygens (including phenoxy) is 3. The van der Waals surface area contributed by atoms with Gasteiger partial charge in [-0.25, -0.2) is 21.6 Å². The molecule has 0 bridgehead atoms. The molecule has 32 heteroatoms. The number of aliphatic hydroxyl groups excluding tert-OH is 1. The van der Waals surface area contributed by atoms with Gasteiger partial charge in [-0.1, -0.05) is 243 Å². The summed E-state index contributed by atoms with van der Waals surface area (Å²) in [4.78, 5) is 84.7. The summed E-state index contributed by atoms with van der Waals surface area (Å²) < 4.78 is 89.4. The number of hydrogen-bond donors (Lipinski definition) is 7. The summed E-state index contributed by atoms with van der Waals surface area (Å²) in [5.74, 6) is -0.0680. The SMILES string of the molecule is CC(=O)[NH2+]S(=O)(=O)c1ccc(N)cc1.CO.COC(=O)CCC(=O)Nc1ccc(S(C)(=O)=O)cc1.COc1ccc(C2N(Cc3ccccc3)CCN2Cc2ccccc2)cc1.COc1ccccc1C1N(Cc2ccccc2)CCN1Cc1ccccc1.Cc1cccc(N(CC(=O)Nc2ccc(Cc3ccncc3)cc2)S(=O)(=O)c2ccccc2)c1.Cc1ccccc1C(=O)NNC(=O)C1CC1c1ccccc1.[Na+]. The second-order valence-electron chi connectivity index (χ2n) is 34.4. The Bertz CT molecular complexity index is 6740. The molecule has 1 aliphatic carbocycles. The number of benzene rings is 13. The first-order valence-corrected chi connectivity index (χ1v) is 52.0. The van der Waals surface area contributed by atoms with Gasteiger partial charge in [-0.2, -0.15) is 13.1 Å². The zero-order chi connectivity index (χ0) is 104. The van der Waals surface area contributed by atoms with Gasteiger partial charge in [-0.05, 0) is 210 Å². The predicted molar refractivity (Wildman–Crippen MR) is 565 cm³/mol. The number of sulfone groups is 1. The van der Waals surface area contributed by atoms with Crippen LogP contribution in [-0.4, -0.2) is 158 Å². The molecule has 3 heterocycles. The number of carbonyl (C=O) groups excluding carboxylic acids is 6. The average Bonchev–Trinajstić information content (AvgIpc) is 1.16. The predicted octanol–water partition coefficient (Wildman–Crippen LogP) is 13.5. The monoisotopic (exact) mass is 2040 g/mol. The van der Waals surface area contributed by atoms with Crippen molar-refractivity contribution in [3.05, 3.63) is 443 Å². The minimum Gasteiger partial charge on any atom is -0.497 e. The van der Waals surface area contributed by atoms with Crippen LogP contribution in [0.15, 0.2) is 391 Å². The minimum atomic E-state index is -3.93. The fourth-order valence-corrected chi connectivity index (χ4v) is 19.5. The molecule has 3 fully saturated rings. The molecule has 13 aromatic carbocycles. The summed E-state index contributed by atoms with van der Waals surface area (Å²) in [6, 6.07) is 115. The van der Waals surface area contributed by atoms with Crippen molar-refractivity contribution in [3.8, 4) is 11.5 Å². The molecular weight excluding hydrogens is 1910 g/mol. The molecule has 1 saturated carbocycles. The van der Waals surface area contributed by atoms with Crippen molar-refractivity contribution in [2.24, 2.45) is 5.92 Å². The third-order valence-electron chi connectivity index (χ3n) is 23.7. The molecular formula is C114H125N12NaO16S3+2. The summed E-state index contributed by atoms with van der Waals surface area (Å²) >= 11 is 0. The number of aryl methyl sites for hydroxylation is 2. The fraction of sp³-hybridized carbons (Fsp3) is 0.219. The summed E-state index contributed by atoms with van der Waals surface area (Å²) in [6.45, 7) is 12.6. The van der Waals surface area contributed by atoms with Gasteiger partial charge in [-0.3, -0.25) is 63.7 Å². The molecule has 2 atom stereocenters. The summed E-state index contributed by atoms with van der Waals surface area (Å²) in [6.07, 6.45) is 6.71. The van der Waals surface area contributed by atoms with E-state index < -0.39 is 47.7 Å². The third-order valence-corrected chi connectivity index (χ3v) is 28.2. The Morgan fingerprint density at radius 3 is 1.40 bits per heavy atom. The van der Waals surface area contributed by atoms with Crippen LogP contribution in [0.2, 0.25) is 0 Å². The van der Waals surface area contributed by atoms with Crippen LogP contribution in [0.25, 0.3) is 0 Å². The van der Waals surface area contributed by atoms with Gasteiger partial charge in [0, 0.05) is 119 Å². The molecule has 3 aliphatic rings. The summed E-state index contributed by atoms with van der Waals surface area (Å²) in [5.41, 5.74) is 26.1. The van der Waals surface area contributed by atoms with Crippen LogP contribution in [0.5, 0.6) is 11.5 Å². The van der Waals surface area contributed by atoms with Crippen molar-refractivity contribution >= 4 is 88.1 Å². The maximum atomic E-state index is 13.4. The van der Waals surface area contributed by atoms with Crippen LogP contribution in [0.4, 0.5) is 22.7 Å². The number of amides is 5. The number of esters is 1. The van der Waals surface area contributed by atoms with Crippen LogP contribution in [-0.2, 0) is 91.2 Å². The quantitative estimate of drug-likeness (QED) is 0.00951. The number of nitrogen functional groups attached to an aromatic ring is 1. The fourth-order valence-electron chi connectivity index (χ4n) is 16.4. The van der Waals surface area contributed by atoms with Gasteiger partial charge in [0.15, 0.2) is 9.84 Å². The number of quaternary nitrogens is 1. The number of aromatic nitrogens is 1.